The first kappa shape index (κ1) is 16.0. The van der Waals surface area contributed by atoms with Crippen molar-refractivity contribution in [2.75, 3.05) is 6.61 Å². The lowest BCUT2D eigenvalue weighted by Gasteiger charge is -2.17. The second kappa shape index (κ2) is 6.56. The molecule has 0 radical (unpaired) electrons. The second-order valence-electron chi connectivity index (χ2n) is 5.59. The lowest BCUT2D eigenvalue weighted by atomic mass is 10.0. The van der Waals surface area contributed by atoms with E-state index in [9.17, 15) is 4.79 Å². The highest BCUT2D eigenvalue weighted by molar-refractivity contribution is 6.31. The zero-order chi connectivity index (χ0) is 15.6. The summed E-state index contributed by atoms with van der Waals surface area (Å²) in [6.45, 7) is 8.26. The molecule has 21 heavy (non-hydrogen) atoms. The largest absolute Gasteiger partial charge is 0.494 e. The minimum Gasteiger partial charge on any atom is -0.494 e. The van der Waals surface area contributed by atoms with Crippen LogP contribution in [0.25, 0.3) is 0 Å². The van der Waals surface area contributed by atoms with E-state index in [1.165, 1.54) is 0 Å². The van der Waals surface area contributed by atoms with Crippen molar-refractivity contribution in [1.29, 1.82) is 0 Å². The molecule has 2 rings (SSSR count). The van der Waals surface area contributed by atoms with E-state index in [0.717, 1.165) is 17.7 Å². The fourth-order valence-electron chi connectivity index (χ4n) is 2.43. The van der Waals surface area contributed by atoms with Crippen molar-refractivity contribution in [3.63, 3.8) is 0 Å². The summed E-state index contributed by atoms with van der Waals surface area (Å²) in [6, 6.07) is 3.82. The van der Waals surface area contributed by atoms with Crippen molar-refractivity contribution >= 4 is 17.5 Å². The van der Waals surface area contributed by atoms with Crippen LogP contribution in [0.1, 0.15) is 44.2 Å². The van der Waals surface area contributed by atoms with E-state index < -0.39 is 5.38 Å². The predicted octanol–water partition coefficient (Wildman–Crippen LogP) is 3.21. The highest BCUT2D eigenvalue weighted by atomic mass is 35.5. The lowest BCUT2D eigenvalue weighted by Crippen LogP contribution is -2.33. The Morgan fingerprint density at radius 2 is 2.24 bits per heavy atom. The van der Waals surface area contributed by atoms with Gasteiger partial charge in [-0.2, -0.15) is 0 Å². The molecule has 0 aromatic heterocycles. The normalized spacial score (nSPS) is 18.1. The van der Waals surface area contributed by atoms with Crippen LogP contribution in [0.2, 0.25) is 0 Å². The van der Waals surface area contributed by atoms with Crippen LogP contribution in [0.15, 0.2) is 12.1 Å². The lowest BCUT2D eigenvalue weighted by molar-refractivity contribution is -0.121. The number of hydrogen-bond acceptors (Lipinski definition) is 3. The first-order valence-corrected chi connectivity index (χ1v) is 7.76. The fraction of sp³-hybridized carbons (Fsp3) is 0.562. The highest BCUT2D eigenvalue weighted by Gasteiger charge is 2.27. The maximum absolute atomic E-state index is 12.1. The quantitative estimate of drug-likeness (QED) is 0.849. The van der Waals surface area contributed by atoms with Gasteiger partial charge in [-0.1, -0.05) is 0 Å². The predicted molar refractivity (Wildman–Crippen MR) is 83.3 cm³/mol. The average molecular weight is 312 g/mol. The molecule has 1 amide bonds. The second-order valence-corrected chi connectivity index (χ2v) is 6.03. The van der Waals surface area contributed by atoms with Gasteiger partial charge in [0.25, 0.3) is 0 Å². The molecular weight excluding hydrogens is 290 g/mol. The molecule has 1 aromatic carbocycles. The van der Waals surface area contributed by atoms with Gasteiger partial charge in [0.1, 0.15) is 23.0 Å². The minimum atomic E-state index is -0.793. The Bertz CT molecular complexity index is 530. The van der Waals surface area contributed by atoms with Gasteiger partial charge < -0.3 is 14.8 Å². The van der Waals surface area contributed by atoms with Crippen LogP contribution in [-0.4, -0.2) is 24.7 Å². The molecule has 1 aliphatic rings. The van der Waals surface area contributed by atoms with Crippen molar-refractivity contribution in [1.82, 2.24) is 5.32 Å². The molecule has 1 aromatic rings. The monoisotopic (exact) mass is 311 g/mol. The number of alkyl halides is 1. The summed E-state index contributed by atoms with van der Waals surface area (Å²) in [5.74, 6) is 1.23. The maximum Gasteiger partial charge on any atom is 0.242 e. The Morgan fingerprint density at radius 1 is 1.52 bits per heavy atom. The van der Waals surface area contributed by atoms with Crippen LogP contribution in [0.5, 0.6) is 11.5 Å². The molecule has 5 heteroatoms. The topological polar surface area (TPSA) is 47.6 Å². The van der Waals surface area contributed by atoms with Crippen molar-refractivity contribution < 1.29 is 14.3 Å². The summed E-state index contributed by atoms with van der Waals surface area (Å²) < 4.78 is 11.4. The Labute approximate surface area is 130 Å². The molecule has 2 unspecified atom stereocenters. The van der Waals surface area contributed by atoms with Crippen LogP contribution in [0.3, 0.4) is 0 Å². The molecule has 0 aliphatic carbocycles. The molecule has 4 nitrogen and oxygen atoms in total. The molecule has 116 valence electrons. The molecule has 1 N–H and O–H groups in total. The van der Waals surface area contributed by atoms with Crippen molar-refractivity contribution in [3.8, 4) is 11.5 Å². The van der Waals surface area contributed by atoms with Gasteiger partial charge in [-0.15, -0.1) is 11.6 Å². The highest BCUT2D eigenvalue weighted by Crippen LogP contribution is 2.39. The van der Waals surface area contributed by atoms with Crippen LogP contribution in [0.4, 0.5) is 0 Å². The molecule has 1 aliphatic heterocycles. The third kappa shape index (κ3) is 3.62. The van der Waals surface area contributed by atoms with E-state index >= 15 is 0 Å². The van der Waals surface area contributed by atoms with Crippen LogP contribution < -0.4 is 14.8 Å². The van der Waals surface area contributed by atoms with E-state index in [1.807, 2.05) is 39.8 Å². The third-order valence-electron chi connectivity index (χ3n) is 3.26. The van der Waals surface area contributed by atoms with Gasteiger partial charge in [0.15, 0.2) is 0 Å². The summed E-state index contributed by atoms with van der Waals surface area (Å²) in [5, 5.41) is 2.03. The van der Waals surface area contributed by atoms with Crippen molar-refractivity contribution in [2.45, 2.75) is 51.6 Å². The summed E-state index contributed by atoms with van der Waals surface area (Å²) in [6.07, 6.45) is 0.990. The van der Waals surface area contributed by atoms with Gasteiger partial charge in [0.05, 0.1) is 6.61 Å². The van der Waals surface area contributed by atoms with E-state index in [2.05, 4.69) is 5.32 Å². The number of carbonyl (C=O) groups excluding carboxylic acids is 1. The van der Waals surface area contributed by atoms with Crippen LogP contribution in [-0.2, 0) is 11.2 Å². The minimum absolute atomic E-state index is 0.0417. The van der Waals surface area contributed by atoms with E-state index in [4.69, 9.17) is 21.1 Å². The molecule has 1 heterocycles. The zero-order valence-electron chi connectivity index (χ0n) is 12.9. The van der Waals surface area contributed by atoms with Crippen molar-refractivity contribution in [3.05, 3.63) is 23.3 Å². The maximum atomic E-state index is 12.1. The molecular formula is C16H22ClNO3. The SMILES string of the molecule is CCOc1cc2c(cc1C(Cl)C(=O)NC(C)C)OC(C)C2. The summed E-state index contributed by atoms with van der Waals surface area (Å²) in [4.78, 5) is 12.1. The van der Waals surface area contributed by atoms with Gasteiger partial charge in [-0.25, -0.2) is 0 Å². The van der Waals surface area contributed by atoms with Crippen molar-refractivity contribution in [2.24, 2.45) is 0 Å². The van der Waals surface area contributed by atoms with Gasteiger partial charge in [-0.05, 0) is 39.8 Å². The third-order valence-corrected chi connectivity index (χ3v) is 3.70. The number of halogens is 1. The van der Waals surface area contributed by atoms with Gasteiger partial charge in [-0.3, -0.25) is 4.79 Å². The van der Waals surface area contributed by atoms with E-state index in [1.54, 1.807) is 0 Å². The number of ether oxygens (including phenoxy) is 2. The summed E-state index contributed by atoms with van der Waals surface area (Å²) in [5.41, 5.74) is 1.76. The van der Waals surface area contributed by atoms with E-state index in [-0.39, 0.29) is 18.1 Å². The number of rotatable bonds is 5. The Hall–Kier alpha value is -1.42. The van der Waals surface area contributed by atoms with Crippen LogP contribution >= 0.6 is 11.6 Å². The van der Waals surface area contributed by atoms with Gasteiger partial charge in [0, 0.05) is 23.6 Å². The number of benzene rings is 1. The van der Waals surface area contributed by atoms with E-state index in [0.29, 0.717) is 17.9 Å². The zero-order valence-corrected chi connectivity index (χ0v) is 13.7. The molecule has 0 saturated heterocycles. The molecule has 0 spiro atoms. The number of nitrogens with one attached hydrogen (secondary N) is 1. The Morgan fingerprint density at radius 3 is 2.86 bits per heavy atom. The molecule has 2 atom stereocenters. The molecule has 0 fully saturated rings. The van der Waals surface area contributed by atoms with Gasteiger partial charge >= 0.3 is 0 Å². The van der Waals surface area contributed by atoms with Gasteiger partial charge in [0.2, 0.25) is 5.91 Å². The Kier molecular flexibility index (Phi) is 4.99. The van der Waals surface area contributed by atoms with Crippen LogP contribution in [0, 0.1) is 0 Å². The summed E-state index contributed by atoms with van der Waals surface area (Å²) >= 11 is 6.33. The standard InChI is InChI=1S/C16H22ClNO3/c1-5-20-14-7-11-6-10(4)21-13(11)8-12(14)15(17)16(19)18-9(2)3/h7-10,15H,5-6H2,1-4H3,(H,18,19). The summed E-state index contributed by atoms with van der Waals surface area (Å²) in [7, 11) is 0. The number of hydrogen-bond donors (Lipinski definition) is 1. The number of carbonyl (C=O) groups is 1. The smallest absolute Gasteiger partial charge is 0.242 e. The first-order chi connectivity index (χ1) is 9.92. The number of amides is 1. The Balaban J connectivity index is 2.33. The average Bonchev–Trinajstić information content (AvgIpc) is 2.75. The molecule has 0 saturated carbocycles. The number of fused-ring (bicyclic) bond motifs is 1. The fourth-order valence-corrected chi connectivity index (χ4v) is 2.67. The first-order valence-electron chi connectivity index (χ1n) is 7.33. The molecule has 0 bridgehead atoms.